The lowest BCUT2D eigenvalue weighted by atomic mass is 9.85. The highest BCUT2D eigenvalue weighted by Gasteiger charge is 2.24. The highest BCUT2D eigenvalue weighted by Crippen LogP contribution is 2.29. The zero-order chi connectivity index (χ0) is 13.8. The van der Waals surface area contributed by atoms with Crippen molar-refractivity contribution >= 4 is 11.7 Å². The monoisotopic (exact) mass is 261 g/mol. The lowest BCUT2D eigenvalue weighted by molar-refractivity contribution is 0.0140. The molecule has 3 heteroatoms. The van der Waals surface area contributed by atoms with Crippen LogP contribution in [0, 0.1) is 12.8 Å². The van der Waals surface area contributed by atoms with Crippen molar-refractivity contribution in [3.63, 3.8) is 0 Å². The van der Waals surface area contributed by atoms with Crippen molar-refractivity contribution in [3.05, 3.63) is 29.3 Å². The number of benzene rings is 1. The molecule has 0 aliphatic heterocycles. The van der Waals surface area contributed by atoms with Gasteiger partial charge in [0.25, 0.3) is 0 Å². The molecule has 0 amide bonds. The Kier molecular flexibility index (Phi) is 4.46. The van der Waals surface area contributed by atoms with Gasteiger partial charge in [0.1, 0.15) is 6.10 Å². The summed E-state index contributed by atoms with van der Waals surface area (Å²) in [5.41, 5.74) is 8.01. The van der Waals surface area contributed by atoms with Gasteiger partial charge in [-0.1, -0.05) is 25.8 Å². The minimum Gasteiger partial charge on any atom is -0.459 e. The summed E-state index contributed by atoms with van der Waals surface area (Å²) in [6, 6.07) is 5.35. The standard InChI is InChI=1S/C16H23NO2/c1-3-12-5-4-6-14(9-12)19-16(18)13-8-7-11(2)15(17)10-13/h7-8,10,12,14H,3-6,9,17H2,1-2H3. The first-order valence-corrected chi connectivity index (χ1v) is 7.17. The molecule has 3 nitrogen and oxygen atoms in total. The summed E-state index contributed by atoms with van der Waals surface area (Å²) in [5, 5.41) is 0. The second-order valence-corrected chi connectivity index (χ2v) is 5.54. The van der Waals surface area contributed by atoms with Crippen LogP contribution in [0.2, 0.25) is 0 Å². The molecule has 104 valence electrons. The van der Waals surface area contributed by atoms with Crippen molar-refractivity contribution in [2.45, 2.75) is 52.1 Å². The van der Waals surface area contributed by atoms with Crippen molar-refractivity contribution < 1.29 is 9.53 Å². The van der Waals surface area contributed by atoms with Gasteiger partial charge in [-0.25, -0.2) is 4.79 Å². The van der Waals surface area contributed by atoms with Gasteiger partial charge in [-0.2, -0.15) is 0 Å². The number of carbonyl (C=O) groups excluding carboxylic acids is 1. The number of hydrogen-bond donors (Lipinski definition) is 1. The molecule has 1 aliphatic carbocycles. The van der Waals surface area contributed by atoms with Gasteiger partial charge in [0.2, 0.25) is 0 Å². The average molecular weight is 261 g/mol. The minimum atomic E-state index is -0.242. The maximum absolute atomic E-state index is 12.1. The normalized spacial score (nSPS) is 23.1. The molecule has 2 N–H and O–H groups in total. The molecule has 19 heavy (non-hydrogen) atoms. The molecule has 2 atom stereocenters. The predicted octanol–water partition coefficient (Wildman–Crippen LogP) is 3.70. The van der Waals surface area contributed by atoms with E-state index in [0.717, 1.165) is 24.8 Å². The Hall–Kier alpha value is -1.51. The molecule has 0 aromatic heterocycles. The molecule has 2 rings (SSSR count). The van der Waals surface area contributed by atoms with E-state index >= 15 is 0 Å². The van der Waals surface area contributed by atoms with Gasteiger partial charge in [0.15, 0.2) is 0 Å². The quantitative estimate of drug-likeness (QED) is 0.666. The van der Waals surface area contributed by atoms with E-state index in [-0.39, 0.29) is 12.1 Å². The van der Waals surface area contributed by atoms with E-state index in [9.17, 15) is 4.79 Å². The maximum atomic E-state index is 12.1. The molecule has 1 saturated carbocycles. The zero-order valence-corrected chi connectivity index (χ0v) is 11.8. The van der Waals surface area contributed by atoms with Gasteiger partial charge in [-0.3, -0.25) is 0 Å². The van der Waals surface area contributed by atoms with Crippen LogP contribution in [0.5, 0.6) is 0 Å². The van der Waals surface area contributed by atoms with Crippen LogP contribution in [0.3, 0.4) is 0 Å². The van der Waals surface area contributed by atoms with E-state index in [4.69, 9.17) is 10.5 Å². The molecule has 1 fully saturated rings. The molecule has 0 bridgehead atoms. The highest BCUT2D eigenvalue weighted by molar-refractivity contribution is 5.90. The molecule has 0 spiro atoms. The van der Waals surface area contributed by atoms with E-state index in [1.165, 1.54) is 12.8 Å². The Morgan fingerprint density at radius 3 is 2.89 bits per heavy atom. The Labute approximate surface area is 115 Å². The summed E-state index contributed by atoms with van der Waals surface area (Å²) in [6.07, 6.45) is 5.67. The van der Waals surface area contributed by atoms with Crippen molar-refractivity contribution in [2.24, 2.45) is 5.92 Å². The second kappa shape index (κ2) is 6.09. The fourth-order valence-electron chi connectivity index (χ4n) is 2.71. The number of anilines is 1. The first kappa shape index (κ1) is 13.9. The van der Waals surface area contributed by atoms with E-state index in [2.05, 4.69) is 6.92 Å². The maximum Gasteiger partial charge on any atom is 0.338 e. The average Bonchev–Trinajstić information content (AvgIpc) is 2.42. The predicted molar refractivity (Wildman–Crippen MR) is 77.0 cm³/mol. The number of hydrogen-bond acceptors (Lipinski definition) is 3. The molecule has 2 unspecified atom stereocenters. The van der Waals surface area contributed by atoms with Crippen LogP contribution in [0.4, 0.5) is 5.69 Å². The van der Waals surface area contributed by atoms with E-state index in [1.54, 1.807) is 12.1 Å². The Balaban J connectivity index is 1.98. The molecule has 0 saturated heterocycles. The number of aryl methyl sites for hydroxylation is 1. The number of rotatable bonds is 3. The summed E-state index contributed by atoms with van der Waals surface area (Å²) < 4.78 is 5.61. The van der Waals surface area contributed by atoms with Gasteiger partial charge >= 0.3 is 5.97 Å². The van der Waals surface area contributed by atoms with Crippen molar-refractivity contribution in [1.29, 1.82) is 0 Å². The van der Waals surface area contributed by atoms with Crippen LogP contribution in [0.15, 0.2) is 18.2 Å². The van der Waals surface area contributed by atoms with Crippen LogP contribution in [-0.4, -0.2) is 12.1 Å². The smallest absolute Gasteiger partial charge is 0.338 e. The van der Waals surface area contributed by atoms with Crippen LogP contribution in [-0.2, 0) is 4.74 Å². The first-order chi connectivity index (χ1) is 9.10. The van der Waals surface area contributed by atoms with Crippen LogP contribution < -0.4 is 5.73 Å². The molecule has 0 radical (unpaired) electrons. The first-order valence-electron chi connectivity index (χ1n) is 7.17. The fourth-order valence-corrected chi connectivity index (χ4v) is 2.71. The summed E-state index contributed by atoms with van der Waals surface area (Å²) in [4.78, 5) is 12.1. The SMILES string of the molecule is CCC1CCCC(OC(=O)c2ccc(C)c(N)c2)C1. The molecule has 1 aromatic rings. The molecule has 1 aliphatic rings. The van der Waals surface area contributed by atoms with Gasteiger partial charge in [0, 0.05) is 5.69 Å². The Morgan fingerprint density at radius 1 is 1.42 bits per heavy atom. The lowest BCUT2D eigenvalue weighted by Gasteiger charge is -2.28. The Morgan fingerprint density at radius 2 is 2.21 bits per heavy atom. The second-order valence-electron chi connectivity index (χ2n) is 5.54. The van der Waals surface area contributed by atoms with Crippen molar-refractivity contribution in [2.75, 3.05) is 5.73 Å². The third-order valence-corrected chi connectivity index (χ3v) is 4.10. The summed E-state index contributed by atoms with van der Waals surface area (Å²) in [6.45, 7) is 4.13. The van der Waals surface area contributed by atoms with E-state index < -0.39 is 0 Å². The summed E-state index contributed by atoms with van der Waals surface area (Å²) in [5.74, 6) is 0.461. The third kappa shape index (κ3) is 3.49. The summed E-state index contributed by atoms with van der Waals surface area (Å²) >= 11 is 0. The highest BCUT2D eigenvalue weighted by atomic mass is 16.5. The zero-order valence-electron chi connectivity index (χ0n) is 11.8. The summed E-state index contributed by atoms with van der Waals surface area (Å²) in [7, 11) is 0. The van der Waals surface area contributed by atoms with Gasteiger partial charge in [0.05, 0.1) is 5.56 Å². The van der Waals surface area contributed by atoms with E-state index in [1.807, 2.05) is 13.0 Å². The number of nitrogen functional groups attached to an aromatic ring is 1. The van der Waals surface area contributed by atoms with Crippen molar-refractivity contribution in [3.8, 4) is 0 Å². The molecule has 1 aromatic carbocycles. The van der Waals surface area contributed by atoms with Gasteiger partial charge < -0.3 is 10.5 Å². The molecular weight excluding hydrogens is 238 g/mol. The van der Waals surface area contributed by atoms with Crippen LogP contribution >= 0.6 is 0 Å². The lowest BCUT2D eigenvalue weighted by Crippen LogP contribution is -2.25. The number of ether oxygens (including phenoxy) is 1. The number of carbonyl (C=O) groups is 1. The molecule has 0 heterocycles. The Bertz CT molecular complexity index is 456. The largest absolute Gasteiger partial charge is 0.459 e. The fraction of sp³-hybridized carbons (Fsp3) is 0.562. The van der Waals surface area contributed by atoms with Crippen molar-refractivity contribution in [1.82, 2.24) is 0 Å². The van der Waals surface area contributed by atoms with Gasteiger partial charge in [-0.05, 0) is 49.8 Å². The molecular formula is C16H23NO2. The van der Waals surface area contributed by atoms with Gasteiger partial charge in [-0.15, -0.1) is 0 Å². The topological polar surface area (TPSA) is 52.3 Å². The minimum absolute atomic E-state index is 0.0775. The third-order valence-electron chi connectivity index (χ3n) is 4.10. The van der Waals surface area contributed by atoms with Crippen LogP contribution in [0.25, 0.3) is 0 Å². The number of esters is 1. The number of nitrogens with two attached hydrogens (primary N) is 1. The van der Waals surface area contributed by atoms with Crippen LogP contribution in [0.1, 0.15) is 54.9 Å². The van der Waals surface area contributed by atoms with E-state index in [0.29, 0.717) is 17.2 Å².